The van der Waals surface area contributed by atoms with Crippen LogP contribution < -0.4 is 0 Å². The Morgan fingerprint density at radius 3 is 2.85 bits per heavy atom. The minimum atomic E-state index is -0.432. The van der Waals surface area contributed by atoms with E-state index in [2.05, 4.69) is 4.98 Å². The molecule has 72 valence electrons. The van der Waals surface area contributed by atoms with E-state index in [1.807, 2.05) is 13.8 Å². The molecular formula is C9H13NO3. The number of aromatic nitrogens is 1. The van der Waals surface area contributed by atoms with Crippen LogP contribution in [-0.2, 0) is 4.74 Å². The van der Waals surface area contributed by atoms with E-state index in [1.165, 1.54) is 6.26 Å². The van der Waals surface area contributed by atoms with Gasteiger partial charge in [0.05, 0.1) is 6.61 Å². The molecule has 1 heterocycles. The Bertz CT molecular complexity index is 291. The molecule has 0 fully saturated rings. The van der Waals surface area contributed by atoms with Gasteiger partial charge in [0.1, 0.15) is 6.26 Å². The fourth-order valence-corrected chi connectivity index (χ4v) is 0.852. The van der Waals surface area contributed by atoms with Gasteiger partial charge >= 0.3 is 5.97 Å². The van der Waals surface area contributed by atoms with Crippen LogP contribution in [0.4, 0.5) is 0 Å². The summed E-state index contributed by atoms with van der Waals surface area (Å²) < 4.78 is 9.84. The molecule has 0 radical (unpaired) electrons. The van der Waals surface area contributed by atoms with Gasteiger partial charge in [0.15, 0.2) is 11.6 Å². The number of hydrogen-bond acceptors (Lipinski definition) is 4. The van der Waals surface area contributed by atoms with Gasteiger partial charge < -0.3 is 9.15 Å². The molecule has 1 rings (SSSR count). The predicted octanol–water partition coefficient (Wildman–Crippen LogP) is 1.97. The number of rotatable bonds is 3. The molecule has 0 amide bonds. The van der Waals surface area contributed by atoms with Crippen LogP contribution in [0.25, 0.3) is 0 Å². The lowest BCUT2D eigenvalue weighted by atomic mass is 10.2. The van der Waals surface area contributed by atoms with Crippen molar-refractivity contribution in [1.29, 1.82) is 0 Å². The van der Waals surface area contributed by atoms with E-state index in [0.29, 0.717) is 12.5 Å². The van der Waals surface area contributed by atoms with E-state index in [4.69, 9.17) is 9.15 Å². The molecular weight excluding hydrogens is 170 g/mol. The second-order valence-electron chi connectivity index (χ2n) is 2.95. The Hall–Kier alpha value is -1.32. The second-order valence-corrected chi connectivity index (χ2v) is 2.95. The Morgan fingerprint density at radius 1 is 1.69 bits per heavy atom. The van der Waals surface area contributed by atoms with Crippen molar-refractivity contribution < 1.29 is 13.9 Å². The van der Waals surface area contributed by atoms with Gasteiger partial charge in [-0.05, 0) is 6.92 Å². The van der Waals surface area contributed by atoms with Crippen LogP contribution in [0.2, 0.25) is 0 Å². The Labute approximate surface area is 76.9 Å². The normalized spacial score (nSPS) is 10.5. The first-order valence-corrected chi connectivity index (χ1v) is 4.27. The lowest BCUT2D eigenvalue weighted by Gasteiger charge is -1.96. The summed E-state index contributed by atoms with van der Waals surface area (Å²) in [7, 11) is 0. The average molecular weight is 183 g/mol. The van der Waals surface area contributed by atoms with Crippen LogP contribution in [0.15, 0.2) is 10.7 Å². The van der Waals surface area contributed by atoms with Gasteiger partial charge in [0, 0.05) is 5.92 Å². The lowest BCUT2D eigenvalue weighted by molar-refractivity contribution is 0.0519. The number of esters is 1. The van der Waals surface area contributed by atoms with E-state index in [0.717, 1.165) is 0 Å². The minimum absolute atomic E-state index is 0.183. The lowest BCUT2D eigenvalue weighted by Crippen LogP contribution is -2.05. The third kappa shape index (κ3) is 2.31. The highest BCUT2D eigenvalue weighted by atomic mass is 16.5. The van der Waals surface area contributed by atoms with Crippen molar-refractivity contribution in [2.45, 2.75) is 26.7 Å². The number of oxazole rings is 1. The topological polar surface area (TPSA) is 52.3 Å². The van der Waals surface area contributed by atoms with E-state index in [9.17, 15) is 4.79 Å². The number of nitrogens with zero attached hydrogens (tertiary/aromatic N) is 1. The molecule has 0 N–H and O–H groups in total. The Balaban J connectivity index is 2.73. The van der Waals surface area contributed by atoms with Gasteiger partial charge in [-0.1, -0.05) is 13.8 Å². The first-order chi connectivity index (χ1) is 6.15. The molecule has 4 heteroatoms. The van der Waals surface area contributed by atoms with Crippen LogP contribution in [-0.4, -0.2) is 17.6 Å². The maximum absolute atomic E-state index is 11.1. The molecule has 13 heavy (non-hydrogen) atoms. The summed E-state index contributed by atoms with van der Waals surface area (Å²) in [5, 5.41) is 0. The number of ether oxygens (including phenoxy) is 1. The van der Waals surface area contributed by atoms with Crippen molar-refractivity contribution in [1.82, 2.24) is 4.98 Å². The molecule has 1 aromatic rings. The van der Waals surface area contributed by atoms with Crippen molar-refractivity contribution in [3.05, 3.63) is 17.8 Å². The quantitative estimate of drug-likeness (QED) is 0.672. The minimum Gasteiger partial charge on any atom is -0.461 e. The third-order valence-corrected chi connectivity index (χ3v) is 1.50. The molecule has 0 saturated carbocycles. The monoisotopic (exact) mass is 183 g/mol. The van der Waals surface area contributed by atoms with Crippen LogP contribution in [0.5, 0.6) is 0 Å². The van der Waals surface area contributed by atoms with Crippen molar-refractivity contribution in [2.75, 3.05) is 6.61 Å². The molecule has 4 nitrogen and oxygen atoms in total. The zero-order valence-electron chi connectivity index (χ0n) is 8.03. The summed E-state index contributed by atoms with van der Waals surface area (Å²) in [5.41, 5.74) is 0.241. The summed E-state index contributed by atoms with van der Waals surface area (Å²) in [6.07, 6.45) is 1.33. The van der Waals surface area contributed by atoms with E-state index >= 15 is 0 Å². The summed E-state index contributed by atoms with van der Waals surface area (Å²) in [6.45, 7) is 5.99. The highest BCUT2D eigenvalue weighted by Crippen LogP contribution is 2.13. The first kappa shape index (κ1) is 9.77. The Morgan fingerprint density at radius 2 is 2.38 bits per heavy atom. The highest BCUT2D eigenvalue weighted by Gasteiger charge is 2.14. The van der Waals surface area contributed by atoms with Crippen LogP contribution >= 0.6 is 0 Å². The van der Waals surface area contributed by atoms with Gasteiger partial charge in [0.2, 0.25) is 0 Å². The molecule has 0 aliphatic heterocycles. The smallest absolute Gasteiger partial charge is 0.360 e. The van der Waals surface area contributed by atoms with Crippen LogP contribution in [0, 0.1) is 0 Å². The van der Waals surface area contributed by atoms with Gasteiger partial charge in [0.25, 0.3) is 0 Å². The molecule has 0 saturated heterocycles. The Kier molecular flexibility index (Phi) is 3.06. The van der Waals surface area contributed by atoms with Gasteiger partial charge in [-0.3, -0.25) is 0 Å². The molecule has 1 aromatic heterocycles. The zero-order chi connectivity index (χ0) is 9.84. The SMILES string of the molecule is CCOC(=O)c1coc(C(C)C)n1. The molecule has 0 aliphatic carbocycles. The van der Waals surface area contributed by atoms with Crippen molar-refractivity contribution in [3.63, 3.8) is 0 Å². The van der Waals surface area contributed by atoms with Crippen LogP contribution in [0.3, 0.4) is 0 Å². The van der Waals surface area contributed by atoms with E-state index < -0.39 is 5.97 Å². The molecule has 0 unspecified atom stereocenters. The highest BCUT2D eigenvalue weighted by molar-refractivity contribution is 5.86. The van der Waals surface area contributed by atoms with Crippen LogP contribution in [0.1, 0.15) is 43.1 Å². The predicted molar refractivity (Wildman–Crippen MR) is 46.5 cm³/mol. The third-order valence-electron chi connectivity index (χ3n) is 1.50. The fraction of sp³-hybridized carbons (Fsp3) is 0.556. The second kappa shape index (κ2) is 4.07. The fourth-order valence-electron chi connectivity index (χ4n) is 0.852. The molecule has 0 spiro atoms. The standard InChI is InChI=1S/C9H13NO3/c1-4-12-9(11)7-5-13-8(10-7)6(2)3/h5-6H,4H2,1-3H3. The van der Waals surface area contributed by atoms with Crippen molar-refractivity contribution >= 4 is 5.97 Å². The first-order valence-electron chi connectivity index (χ1n) is 4.27. The molecule has 0 atom stereocenters. The molecule has 0 aliphatic rings. The van der Waals surface area contributed by atoms with Crippen molar-refractivity contribution in [3.8, 4) is 0 Å². The zero-order valence-corrected chi connectivity index (χ0v) is 8.03. The summed E-state index contributed by atoms with van der Waals surface area (Å²) in [5.74, 6) is 0.310. The molecule has 0 bridgehead atoms. The maximum Gasteiger partial charge on any atom is 0.360 e. The van der Waals surface area contributed by atoms with Crippen molar-refractivity contribution in [2.24, 2.45) is 0 Å². The number of hydrogen-bond donors (Lipinski definition) is 0. The maximum atomic E-state index is 11.1. The average Bonchev–Trinajstić information content (AvgIpc) is 2.52. The van der Waals surface area contributed by atoms with E-state index in [1.54, 1.807) is 6.92 Å². The summed E-state index contributed by atoms with van der Waals surface area (Å²) in [6, 6.07) is 0. The summed E-state index contributed by atoms with van der Waals surface area (Å²) in [4.78, 5) is 15.1. The van der Waals surface area contributed by atoms with Gasteiger partial charge in [-0.25, -0.2) is 9.78 Å². The summed E-state index contributed by atoms with van der Waals surface area (Å²) >= 11 is 0. The largest absolute Gasteiger partial charge is 0.461 e. The van der Waals surface area contributed by atoms with Gasteiger partial charge in [-0.2, -0.15) is 0 Å². The number of carbonyl (C=O) groups excluding carboxylic acids is 1. The number of carbonyl (C=O) groups is 1. The van der Waals surface area contributed by atoms with E-state index in [-0.39, 0.29) is 11.6 Å². The molecule has 0 aromatic carbocycles. The van der Waals surface area contributed by atoms with Gasteiger partial charge in [-0.15, -0.1) is 0 Å².